The maximum atomic E-state index is 12.4. The van der Waals surface area contributed by atoms with Crippen LogP contribution in [0.15, 0.2) is 54.7 Å². The van der Waals surface area contributed by atoms with Crippen molar-refractivity contribution >= 4 is 34.1 Å². The van der Waals surface area contributed by atoms with E-state index in [-0.39, 0.29) is 17.7 Å². The summed E-state index contributed by atoms with van der Waals surface area (Å²) in [6.45, 7) is 1.64. The molecule has 1 aliphatic rings. The number of piperidine rings is 1. The number of nitrogens with two attached hydrogens (primary N) is 1. The highest BCUT2D eigenvalue weighted by Gasteiger charge is 2.23. The van der Waals surface area contributed by atoms with Gasteiger partial charge in [-0.25, -0.2) is 0 Å². The molecular formula is C22H24N4O2. The second-order valence-electron chi connectivity index (χ2n) is 7.30. The van der Waals surface area contributed by atoms with Crippen LogP contribution in [-0.4, -0.2) is 29.9 Å². The first-order valence-corrected chi connectivity index (χ1v) is 9.59. The maximum absolute atomic E-state index is 12.4. The molecule has 2 heterocycles. The second-order valence-corrected chi connectivity index (χ2v) is 7.30. The molecule has 6 heteroatoms. The minimum Gasteiger partial charge on any atom is -0.371 e. The molecule has 0 spiro atoms. The minimum absolute atomic E-state index is 0.0145. The molecule has 0 atom stereocenters. The summed E-state index contributed by atoms with van der Waals surface area (Å²) in [6, 6.07) is 15.8. The lowest BCUT2D eigenvalue weighted by Gasteiger charge is -2.32. The van der Waals surface area contributed by atoms with Crippen LogP contribution in [0.4, 0.5) is 11.4 Å². The van der Waals surface area contributed by atoms with Crippen LogP contribution in [0, 0.1) is 5.92 Å². The largest absolute Gasteiger partial charge is 0.371 e. The van der Waals surface area contributed by atoms with Crippen molar-refractivity contribution in [1.82, 2.24) is 4.98 Å². The van der Waals surface area contributed by atoms with E-state index in [1.54, 1.807) is 0 Å². The number of carbonyl (C=O) groups is 2. The highest BCUT2D eigenvalue weighted by atomic mass is 16.2. The first-order valence-electron chi connectivity index (χ1n) is 9.59. The van der Waals surface area contributed by atoms with Gasteiger partial charge in [0.1, 0.15) is 0 Å². The number of hydrogen-bond acceptors (Lipinski definition) is 3. The zero-order chi connectivity index (χ0) is 19.5. The summed E-state index contributed by atoms with van der Waals surface area (Å²) < 4.78 is 0. The number of primary amides is 1. The fourth-order valence-electron chi connectivity index (χ4n) is 3.83. The third-order valence-electron chi connectivity index (χ3n) is 5.44. The molecule has 1 fully saturated rings. The predicted molar refractivity (Wildman–Crippen MR) is 111 cm³/mol. The molecule has 2 amide bonds. The molecular weight excluding hydrogens is 352 g/mol. The summed E-state index contributed by atoms with van der Waals surface area (Å²) in [6.07, 6.45) is 3.80. The van der Waals surface area contributed by atoms with Crippen molar-refractivity contribution in [3.63, 3.8) is 0 Å². The van der Waals surface area contributed by atoms with Crippen molar-refractivity contribution in [1.29, 1.82) is 0 Å². The molecule has 0 radical (unpaired) electrons. The van der Waals surface area contributed by atoms with Crippen molar-refractivity contribution in [2.75, 3.05) is 23.3 Å². The van der Waals surface area contributed by atoms with Crippen LogP contribution in [0.2, 0.25) is 0 Å². The number of aromatic amines is 1. The highest BCUT2D eigenvalue weighted by molar-refractivity contribution is 5.95. The first kappa shape index (κ1) is 18.1. The molecule has 0 bridgehead atoms. The molecule has 0 aliphatic carbocycles. The molecule has 2 aromatic carbocycles. The first-order chi connectivity index (χ1) is 13.6. The van der Waals surface area contributed by atoms with Gasteiger partial charge in [-0.1, -0.05) is 18.2 Å². The van der Waals surface area contributed by atoms with Crippen LogP contribution in [0.25, 0.3) is 10.9 Å². The zero-order valence-corrected chi connectivity index (χ0v) is 15.7. The van der Waals surface area contributed by atoms with Gasteiger partial charge in [-0.3, -0.25) is 9.59 Å². The van der Waals surface area contributed by atoms with Gasteiger partial charge in [0.05, 0.1) is 6.42 Å². The molecule has 6 nitrogen and oxygen atoms in total. The van der Waals surface area contributed by atoms with Gasteiger partial charge in [0.15, 0.2) is 0 Å². The van der Waals surface area contributed by atoms with Crippen molar-refractivity contribution in [2.45, 2.75) is 19.3 Å². The lowest BCUT2D eigenvalue weighted by molar-refractivity contribution is -0.122. The number of fused-ring (bicyclic) bond motifs is 1. The number of benzene rings is 2. The molecule has 1 aromatic heterocycles. The van der Waals surface area contributed by atoms with Gasteiger partial charge in [-0.05, 0) is 48.7 Å². The smallest absolute Gasteiger partial charge is 0.228 e. The number of aromatic nitrogens is 1. The van der Waals surface area contributed by atoms with E-state index in [1.807, 2.05) is 54.7 Å². The molecule has 4 rings (SSSR count). The van der Waals surface area contributed by atoms with E-state index in [2.05, 4.69) is 15.2 Å². The van der Waals surface area contributed by atoms with Gasteiger partial charge in [-0.15, -0.1) is 0 Å². The fraction of sp³-hybridized carbons (Fsp3) is 0.273. The number of para-hydroxylation sites is 1. The third kappa shape index (κ3) is 3.86. The summed E-state index contributed by atoms with van der Waals surface area (Å²) >= 11 is 0. The van der Waals surface area contributed by atoms with Crippen molar-refractivity contribution < 1.29 is 9.59 Å². The number of amides is 2. The average molecular weight is 376 g/mol. The Morgan fingerprint density at radius 3 is 2.50 bits per heavy atom. The Morgan fingerprint density at radius 1 is 1.07 bits per heavy atom. The van der Waals surface area contributed by atoms with Crippen LogP contribution in [0.5, 0.6) is 0 Å². The van der Waals surface area contributed by atoms with E-state index >= 15 is 0 Å². The van der Waals surface area contributed by atoms with Gasteiger partial charge < -0.3 is 20.9 Å². The highest BCUT2D eigenvalue weighted by Crippen LogP contribution is 2.25. The van der Waals surface area contributed by atoms with Crippen molar-refractivity contribution in [2.24, 2.45) is 11.7 Å². The SMILES string of the molecule is NC(=O)C1CCN(c2ccc(NC(=O)Cc3c[nH]c4ccccc34)cc2)CC1. The van der Waals surface area contributed by atoms with E-state index in [0.29, 0.717) is 6.42 Å². The number of hydrogen-bond donors (Lipinski definition) is 3. The number of carbonyl (C=O) groups excluding carboxylic acids is 2. The standard InChI is InChI=1S/C22H24N4O2/c23-22(28)15-9-11-26(12-10-15)18-7-5-17(6-8-18)25-21(27)13-16-14-24-20-4-2-1-3-19(16)20/h1-8,14-15,24H,9-13H2,(H2,23,28)(H,25,27). The van der Waals surface area contributed by atoms with E-state index in [1.165, 1.54) is 0 Å². The Kier molecular flexibility index (Phi) is 5.02. The molecule has 1 aliphatic heterocycles. The third-order valence-corrected chi connectivity index (χ3v) is 5.44. The molecule has 28 heavy (non-hydrogen) atoms. The molecule has 0 saturated carbocycles. The topological polar surface area (TPSA) is 91.2 Å². The summed E-state index contributed by atoms with van der Waals surface area (Å²) in [7, 11) is 0. The Hall–Kier alpha value is -3.28. The van der Waals surface area contributed by atoms with E-state index in [0.717, 1.165) is 53.8 Å². The molecule has 1 saturated heterocycles. The summed E-state index contributed by atoms with van der Waals surface area (Å²) in [5.74, 6) is -0.257. The molecule has 4 N–H and O–H groups in total. The summed E-state index contributed by atoms with van der Waals surface area (Å²) in [4.78, 5) is 29.2. The Balaban J connectivity index is 1.35. The number of H-pyrrole nitrogens is 1. The van der Waals surface area contributed by atoms with Crippen LogP contribution in [-0.2, 0) is 16.0 Å². The van der Waals surface area contributed by atoms with E-state index < -0.39 is 0 Å². The molecule has 144 valence electrons. The van der Waals surface area contributed by atoms with Crippen LogP contribution in [0.1, 0.15) is 18.4 Å². The fourth-order valence-corrected chi connectivity index (χ4v) is 3.83. The van der Waals surface area contributed by atoms with Gasteiger partial charge >= 0.3 is 0 Å². The second kappa shape index (κ2) is 7.76. The van der Waals surface area contributed by atoms with Crippen LogP contribution < -0.4 is 16.0 Å². The number of rotatable bonds is 5. The van der Waals surface area contributed by atoms with Gasteiger partial charge in [0.25, 0.3) is 0 Å². The normalized spacial score (nSPS) is 14.9. The minimum atomic E-state index is -0.201. The Morgan fingerprint density at radius 2 is 1.79 bits per heavy atom. The number of nitrogens with zero attached hydrogens (tertiary/aromatic N) is 1. The van der Waals surface area contributed by atoms with Crippen molar-refractivity contribution in [3.8, 4) is 0 Å². The zero-order valence-electron chi connectivity index (χ0n) is 15.7. The van der Waals surface area contributed by atoms with Gasteiger partial charge in [0.2, 0.25) is 11.8 Å². The van der Waals surface area contributed by atoms with Gasteiger partial charge in [-0.2, -0.15) is 0 Å². The maximum Gasteiger partial charge on any atom is 0.228 e. The van der Waals surface area contributed by atoms with E-state index in [4.69, 9.17) is 5.73 Å². The molecule has 0 unspecified atom stereocenters. The monoisotopic (exact) mass is 376 g/mol. The van der Waals surface area contributed by atoms with Crippen LogP contribution >= 0.6 is 0 Å². The van der Waals surface area contributed by atoms with E-state index in [9.17, 15) is 9.59 Å². The van der Waals surface area contributed by atoms with Crippen molar-refractivity contribution in [3.05, 3.63) is 60.3 Å². The predicted octanol–water partition coefficient (Wildman–Crippen LogP) is 3.05. The summed E-state index contributed by atoms with van der Waals surface area (Å²) in [5.41, 5.74) is 9.29. The van der Waals surface area contributed by atoms with Crippen LogP contribution in [0.3, 0.4) is 0 Å². The lowest BCUT2D eigenvalue weighted by Crippen LogP contribution is -2.38. The average Bonchev–Trinajstić information content (AvgIpc) is 3.11. The summed E-state index contributed by atoms with van der Waals surface area (Å²) in [5, 5.41) is 4.04. The van der Waals surface area contributed by atoms with Gasteiger partial charge in [0, 0.05) is 47.5 Å². The number of nitrogens with one attached hydrogen (secondary N) is 2. The Labute approximate surface area is 163 Å². The lowest BCUT2D eigenvalue weighted by atomic mass is 9.96. The molecule has 3 aromatic rings. The Bertz CT molecular complexity index is 985. The quantitative estimate of drug-likeness (QED) is 0.639. The number of anilines is 2.